The van der Waals surface area contributed by atoms with Crippen molar-refractivity contribution in [3.63, 3.8) is 0 Å². The van der Waals surface area contributed by atoms with Gasteiger partial charge in [-0.3, -0.25) is 5.43 Å². The summed E-state index contributed by atoms with van der Waals surface area (Å²) in [6.45, 7) is 3.09. The Hall–Kier alpha value is -2.18. The van der Waals surface area contributed by atoms with Crippen molar-refractivity contribution in [2.75, 3.05) is 36.6 Å². The summed E-state index contributed by atoms with van der Waals surface area (Å²) in [5, 5.41) is 0. The van der Waals surface area contributed by atoms with Gasteiger partial charge in [0.05, 0.1) is 18.9 Å². The number of nitrogen functional groups attached to an aromatic ring is 1. The van der Waals surface area contributed by atoms with E-state index in [1.54, 1.807) is 0 Å². The number of anilines is 2. The van der Waals surface area contributed by atoms with Gasteiger partial charge in [0.25, 0.3) is 0 Å². The van der Waals surface area contributed by atoms with E-state index in [2.05, 4.69) is 20.3 Å². The molecule has 0 radical (unpaired) electrons. The fourth-order valence-corrected chi connectivity index (χ4v) is 2.21. The van der Waals surface area contributed by atoms with E-state index in [1.807, 2.05) is 36.4 Å². The molecule has 1 saturated heterocycles. The summed E-state index contributed by atoms with van der Waals surface area (Å²) in [7, 11) is 0. The summed E-state index contributed by atoms with van der Waals surface area (Å²) in [6.07, 6.45) is 0. The third kappa shape index (κ3) is 2.71. The molecule has 1 aliphatic heterocycles. The Bertz CT molecular complexity index is 569. The van der Waals surface area contributed by atoms with Crippen molar-refractivity contribution in [3.05, 3.63) is 36.4 Å². The number of nitrogens with zero attached hydrogens (tertiary/aromatic N) is 3. The molecule has 0 unspecified atom stereocenters. The number of rotatable bonds is 3. The van der Waals surface area contributed by atoms with Crippen molar-refractivity contribution in [1.82, 2.24) is 9.97 Å². The standard InChI is InChI=1S/C14H17N5O/c15-18-14-16-12(11-4-2-1-3-5-11)10-13(17-14)19-6-8-20-9-7-19/h1-5,10H,6-9,15H2,(H,16,17,18). The fourth-order valence-electron chi connectivity index (χ4n) is 2.21. The van der Waals surface area contributed by atoms with Crippen LogP contribution < -0.4 is 16.2 Å². The SMILES string of the molecule is NNc1nc(-c2ccccc2)cc(N2CCOCC2)n1. The number of aromatic nitrogens is 2. The largest absolute Gasteiger partial charge is 0.378 e. The van der Waals surface area contributed by atoms with Crippen molar-refractivity contribution in [1.29, 1.82) is 0 Å². The Labute approximate surface area is 117 Å². The maximum Gasteiger partial charge on any atom is 0.239 e. The predicted molar refractivity (Wildman–Crippen MR) is 78.3 cm³/mol. The highest BCUT2D eigenvalue weighted by molar-refractivity contribution is 5.64. The molecule has 0 atom stereocenters. The zero-order chi connectivity index (χ0) is 13.8. The molecule has 1 fully saturated rings. The van der Waals surface area contributed by atoms with Gasteiger partial charge >= 0.3 is 0 Å². The third-order valence-corrected chi connectivity index (χ3v) is 3.25. The fraction of sp³-hybridized carbons (Fsp3) is 0.286. The number of morpholine rings is 1. The quantitative estimate of drug-likeness (QED) is 0.646. The van der Waals surface area contributed by atoms with Crippen LogP contribution in [0.3, 0.4) is 0 Å². The summed E-state index contributed by atoms with van der Waals surface area (Å²) in [5.74, 6) is 6.77. The summed E-state index contributed by atoms with van der Waals surface area (Å²) in [4.78, 5) is 11.0. The maximum absolute atomic E-state index is 5.48. The molecule has 1 aliphatic rings. The minimum atomic E-state index is 0.424. The average Bonchev–Trinajstić information content (AvgIpc) is 2.56. The van der Waals surface area contributed by atoms with E-state index in [9.17, 15) is 0 Å². The van der Waals surface area contributed by atoms with Crippen LogP contribution in [0.5, 0.6) is 0 Å². The molecule has 3 rings (SSSR count). The Morgan fingerprint density at radius 1 is 1.10 bits per heavy atom. The monoisotopic (exact) mass is 271 g/mol. The van der Waals surface area contributed by atoms with Crippen LogP contribution in [0, 0.1) is 0 Å². The highest BCUT2D eigenvalue weighted by Crippen LogP contribution is 2.23. The molecule has 0 spiro atoms. The lowest BCUT2D eigenvalue weighted by Gasteiger charge is -2.28. The molecule has 6 heteroatoms. The molecule has 3 N–H and O–H groups in total. The van der Waals surface area contributed by atoms with Gasteiger partial charge in [0, 0.05) is 24.7 Å². The molecule has 1 aromatic heterocycles. The van der Waals surface area contributed by atoms with Crippen molar-refractivity contribution in [3.8, 4) is 11.3 Å². The molecule has 20 heavy (non-hydrogen) atoms. The predicted octanol–water partition coefficient (Wildman–Crippen LogP) is 1.27. The van der Waals surface area contributed by atoms with Crippen LogP contribution >= 0.6 is 0 Å². The molecule has 0 amide bonds. The second kappa shape index (κ2) is 5.85. The Morgan fingerprint density at radius 3 is 2.55 bits per heavy atom. The highest BCUT2D eigenvalue weighted by Gasteiger charge is 2.15. The third-order valence-electron chi connectivity index (χ3n) is 3.25. The van der Waals surface area contributed by atoms with E-state index >= 15 is 0 Å². The molecule has 0 saturated carbocycles. The lowest BCUT2D eigenvalue weighted by atomic mass is 10.1. The number of benzene rings is 1. The Kier molecular flexibility index (Phi) is 3.76. The molecule has 0 aliphatic carbocycles. The summed E-state index contributed by atoms with van der Waals surface area (Å²) < 4.78 is 5.37. The second-order valence-corrected chi connectivity index (χ2v) is 4.54. The first-order valence-electron chi connectivity index (χ1n) is 6.60. The van der Waals surface area contributed by atoms with E-state index in [0.29, 0.717) is 5.95 Å². The number of hydrazine groups is 1. The lowest BCUT2D eigenvalue weighted by Crippen LogP contribution is -2.37. The summed E-state index contributed by atoms with van der Waals surface area (Å²) in [6, 6.07) is 12.0. The van der Waals surface area contributed by atoms with Gasteiger partial charge < -0.3 is 9.64 Å². The first-order valence-corrected chi connectivity index (χ1v) is 6.60. The van der Waals surface area contributed by atoms with Crippen molar-refractivity contribution >= 4 is 11.8 Å². The van der Waals surface area contributed by atoms with Crippen LogP contribution in [0.25, 0.3) is 11.3 Å². The highest BCUT2D eigenvalue weighted by atomic mass is 16.5. The van der Waals surface area contributed by atoms with E-state index in [0.717, 1.165) is 43.4 Å². The number of ether oxygens (including phenoxy) is 1. The van der Waals surface area contributed by atoms with Gasteiger partial charge in [0.2, 0.25) is 5.95 Å². The van der Waals surface area contributed by atoms with Gasteiger partial charge in [0.15, 0.2) is 0 Å². The molecule has 0 bridgehead atoms. The molecular weight excluding hydrogens is 254 g/mol. The summed E-state index contributed by atoms with van der Waals surface area (Å²) >= 11 is 0. The molecule has 2 heterocycles. The van der Waals surface area contributed by atoms with Crippen LogP contribution in [0.15, 0.2) is 36.4 Å². The Balaban J connectivity index is 1.98. The van der Waals surface area contributed by atoms with Gasteiger partial charge in [-0.2, -0.15) is 4.98 Å². The van der Waals surface area contributed by atoms with Crippen LogP contribution in [0.1, 0.15) is 0 Å². The minimum absolute atomic E-state index is 0.424. The van der Waals surface area contributed by atoms with E-state index < -0.39 is 0 Å². The maximum atomic E-state index is 5.48. The van der Waals surface area contributed by atoms with Crippen molar-refractivity contribution in [2.24, 2.45) is 5.84 Å². The van der Waals surface area contributed by atoms with Crippen LogP contribution in [0.4, 0.5) is 11.8 Å². The van der Waals surface area contributed by atoms with E-state index in [1.165, 1.54) is 0 Å². The molecule has 104 valence electrons. The van der Waals surface area contributed by atoms with E-state index in [-0.39, 0.29) is 0 Å². The van der Waals surface area contributed by atoms with Crippen LogP contribution in [-0.2, 0) is 4.74 Å². The number of hydrogen-bond donors (Lipinski definition) is 2. The van der Waals surface area contributed by atoms with Crippen LogP contribution in [-0.4, -0.2) is 36.3 Å². The molecule has 1 aromatic carbocycles. The van der Waals surface area contributed by atoms with Gasteiger partial charge in [-0.1, -0.05) is 30.3 Å². The molecular formula is C14H17N5O. The molecule has 6 nitrogen and oxygen atoms in total. The van der Waals surface area contributed by atoms with Gasteiger partial charge in [-0.15, -0.1) is 0 Å². The smallest absolute Gasteiger partial charge is 0.239 e. The minimum Gasteiger partial charge on any atom is -0.378 e. The van der Waals surface area contributed by atoms with Crippen molar-refractivity contribution in [2.45, 2.75) is 0 Å². The number of nitrogens with one attached hydrogen (secondary N) is 1. The lowest BCUT2D eigenvalue weighted by molar-refractivity contribution is 0.122. The van der Waals surface area contributed by atoms with Crippen molar-refractivity contribution < 1.29 is 4.74 Å². The van der Waals surface area contributed by atoms with Gasteiger partial charge in [-0.25, -0.2) is 10.8 Å². The first-order chi connectivity index (χ1) is 9.86. The summed E-state index contributed by atoms with van der Waals surface area (Å²) in [5.41, 5.74) is 4.44. The van der Waals surface area contributed by atoms with Gasteiger partial charge in [0.1, 0.15) is 5.82 Å². The zero-order valence-electron chi connectivity index (χ0n) is 11.1. The second-order valence-electron chi connectivity index (χ2n) is 4.54. The first kappa shape index (κ1) is 12.8. The molecule has 2 aromatic rings. The van der Waals surface area contributed by atoms with E-state index in [4.69, 9.17) is 10.6 Å². The van der Waals surface area contributed by atoms with Crippen LogP contribution in [0.2, 0.25) is 0 Å². The van der Waals surface area contributed by atoms with Gasteiger partial charge in [-0.05, 0) is 0 Å². The zero-order valence-corrected chi connectivity index (χ0v) is 11.1. The normalized spacial score (nSPS) is 15.2. The number of hydrogen-bond acceptors (Lipinski definition) is 6. The Morgan fingerprint density at radius 2 is 1.85 bits per heavy atom. The topological polar surface area (TPSA) is 76.3 Å². The average molecular weight is 271 g/mol. The number of nitrogens with two attached hydrogens (primary N) is 1.